The van der Waals surface area contributed by atoms with Crippen molar-refractivity contribution in [1.29, 1.82) is 0 Å². The number of carbonyl (C=O) groups is 1. The first-order valence-electron chi connectivity index (χ1n) is 5.28. The van der Waals surface area contributed by atoms with Gasteiger partial charge in [0, 0.05) is 6.07 Å². The number of nitrogens with zero attached hydrogens (tertiary/aromatic N) is 2. The molecule has 1 unspecified atom stereocenters. The van der Waals surface area contributed by atoms with Gasteiger partial charge in [-0.25, -0.2) is 9.63 Å². The molecule has 1 aromatic carbocycles. The fraction of sp³-hybridized carbons (Fsp3) is 0.0909. The largest absolute Gasteiger partial charge is 0.478 e. The zero-order valence-corrected chi connectivity index (χ0v) is 9.42. The van der Waals surface area contributed by atoms with Gasteiger partial charge < -0.3 is 9.63 Å². The highest BCUT2D eigenvalue weighted by Gasteiger charge is 2.31. The lowest BCUT2D eigenvalue weighted by Gasteiger charge is -2.11. The third-order valence-electron chi connectivity index (χ3n) is 2.38. The number of aromatic carboxylic acids is 1. The molecule has 8 nitrogen and oxygen atoms in total. The lowest BCUT2D eigenvalue weighted by molar-refractivity contribution is -0.289. The van der Waals surface area contributed by atoms with Gasteiger partial charge in [-0.3, -0.25) is 0 Å². The van der Waals surface area contributed by atoms with Gasteiger partial charge in [-0.15, -0.1) is 0 Å². The summed E-state index contributed by atoms with van der Waals surface area (Å²) in [6, 6.07) is 7.57. The van der Waals surface area contributed by atoms with Gasteiger partial charge in [-0.1, -0.05) is 21.4 Å². The maximum atomic E-state index is 10.9. The second-order valence-electron chi connectivity index (χ2n) is 3.64. The third-order valence-corrected chi connectivity index (χ3v) is 2.38. The summed E-state index contributed by atoms with van der Waals surface area (Å²) in [5, 5.41) is 13.4. The number of aromatic nitrogens is 1. The molecule has 8 heteroatoms. The maximum Gasteiger partial charge on any atom is 0.335 e. The third kappa shape index (κ3) is 2.27. The predicted octanol–water partition coefficient (Wildman–Crippen LogP) is 1.69. The first kappa shape index (κ1) is 11.7. The molecule has 1 N–H and O–H groups in total. The Kier molecular flexibility index (Phi) is 2.88. The van der Waals surface area contributed by atoms with Gasteiger partial charge in [0.05, 0.1) is 17.4 Å². The van der Waals surface area contributed by atoms with Crippen molar-refractivity contribution in [2.45, 2.75) is 6.29 Å². The Morgan fingerprint density at radius 3 is 3.00 bits per heavy atom. The van der Waals surface area contributed by atoms with Crippen LogP contribution in [-0.2, 0) is 14.7 Å². The van der Waals surface area contributed by atoms with Crippen LogP contribution < -0.4 is 5.23 Å². The van der Waals surface area contributed by atoms with Gasteiger partial charge in [0.15, 0.2) is 5.76 Å². The molecule has 0 aliphatic carbocycles. The van der Waals surface area contributed by atoms with Gasteiger partial charge in [0.1, 0.15) is 0 Å². The SMILES string of the molecule is O=C(O)c1cccc(N2OOC(c3ccno3)O2)c1. The molecule has 1 saturated heterocycles. The van der Waals surface area contributed by atoms with Crippen molar-refractivity contribution >= 4 is 11.7 Å². The normalized spacial score (nSPS) is 18.7. The Balaban J connectivity index is 1.77. The van der Waals surface area contributed by atoms with Crippen LogP contribution in [0, 0.1) is 0 Å². The molecule has 1 fully saturated rings. The molecule has 0 radical (unpaired) electrons. The van der Waals surface area contributed by atoms with E-state index >= 15 is 0 Å². The monoisotopic (exact) mass is 264 g/mol. The summed E-state index contributed by atoms with van der Waals surface area (Å²) in [6.45, 7) is 0. The lowest BCUT2D eigenvalue weighted by Crippen LogP contribution is -2.15. The van der Waals surface area contributed by atoms with Crippen molar-refractivity contribution in [3.63, 3.8) is 0 Å². The molecular formula is C11H8N2O6. The molecule has 1 aliphatic rings. The van der Waals surface area contributed by atoms with Gasteiger partial charge in [0.25, 0.3) is 6.29 Å². The number of hydrogen-bond acceptors (Lipinski definition) is 7. The Hall–Kier alpha value is -2.42. The molecule has 0 spiro atoms. The molecule has 1 aromatic heterocycles. The van der Waals surface area contributed by atoms with E-state index in [1.165, 1.54) is 18.3 Å². The van der Waals surface area contributed by atoms with Crippen molar-refractivity contribution in [2.24, 2.45) is 0 Å². The van der Waals surface area contributed by atoms with E-state index < -0.39 is 12.3 Å². The van der Waals surface area contributed by atoms with E-state index in [2.05, 4.69) is 5.16 Å². The number of carboxylic acid groups (broad SMARTS) is 1. The predicted molar refractivity (Wildman–Crippen MR) is 58.4 cm³/mol. The van der Waals surface area contributed by atoms with Crippen molar-refractivity contribution in [2.75, 3.05) is 5.23 Å². The summed E-state index contributed by atoms with van der Waals surface area (Å²) in [5.74, 6) is -0.717. The zero-order valence-electron chi connectivity index (χ0n) is 9.42. The van der Waals surface area contributed by atoms with Crippen LogP contribution in [-0.4, -0.2) is 16.2 Å². The Bertz CT molecular complexity index is 585. The zero-order chi connectivity index (χ0) is 13.2. The summed E-state index contributed by atoms with van der Waals surface area (Å²) in [7, 11) is 0. The summed E-state index contributed by atoms with van der Waals surface area (Å²) < 4.78 is 4.86. The van der Waals surface area contributed by atoms with Gasteiger partial charge in [-0.2, -0.15) is 4.89 Å². The number of rotatable bonds is 3. The average Bonchev–Trinajstić information content (AvgIpc) is 3.09. The molecule has 0 saturated carbocycles. The molecule has 2 heterocycles. The second kappa shape index (κ2) is 4.69. The molecule has 1 atom stereocenters. The summed E-state index contributed by atoms with van der Waals surface area (Å²) in [5.41, 5.74) is 0.481. The molecule has 98 valence electrons. The van der Waals surface area contributed by atoms with Crippen molar-refractivity contribution in [3.05, 3.63) is 47.9 Å². The summed E-state index contributed by atoms with van der Waals surface area (Å²) in [4.78, 5) is 25.9. The number of benzene rings is 1. The average molecular weight is 264 g/mol. The highest BCUT2D eigenvalue weighted by atomic mass is 17.4. The lowest BCUT2D eigenvalue weighted by atomic mass is 10.2. The minimum absolute atomic E-state index is 0.104. The molecule has 1 aliphatic heterocycles. The molecule has 19 heavy (non-hydrogen) atoms. The summed E-state index contributed by atoms with van der Waals surface area (Å²) in [6.07, 6.45) is 0.548. The van der Waals surface area contributed by atoms with E-state index in [4.69, 9.17) is 24.3 Å². The fourth-order valence-electron chi connectivity index (χ4n) is 1.50. The number of anilines is 1. The molecule has 0 amide bonds. The highest BCUT2D eigenvalue weighted by molar-refractivity contribution is 5.88. The second-order valence-corrected chi connectivity index (χ2v) is 3.64. The van der Waals surface area contributed by atoms with Gasteiger partial charge in [-0.05, 0) is 18.2 Å². The van der Waals surface area contributed by atoms with Crippen LogP contribution in [0.3, 0.4) is 0 Å². The molecule has 2 aromatic rings. The van der Waals surface area contributed by atoms with Crippen molar-refractivity contribution in [3.8, 4) is 0 Å². The smallest absolute Gasteiger partial charge is 0.335 e. The molecular weight excluding hydrogens is 256 g/mol. The first-order valence-corrected chi connectivity index (χ1v) is 5.28. The van der Waals surface area contributed by atoms with E-state index in [-0.39, 0.29) is 5.56 Å². The van der Waals surface area contributed by atoms with Crippen molar-refractivity contribution < 1.29 is 29.1 Å². The minimum atomic E-state index is -1.05. The fourth-order valence-corrected chi connectivity index (χ4v) is 1.50. The van der Waals surface area contributed by atoms with Crippen LogP contribution >= 0.6 is 0 Å². The van der Waals surface area contributed by atoms with Crippen LogP contribution in [0.1, 0.15) is 22.4 Å². The Morgan fingerprint density at radius 1 is 1.37 bits per heavy atom. The first-order chi connectivity index (χ1) is 9.24. The van der Waals surface area contributed by atoms with E-state index in [1.807, 2.05) is 0 Å². The Labute approximate surface area is 106 Å². The number of carboxylic acids is 1. The Morgan fingerprint density at radius 2 is 2.26 bits per heavy atom. The van der Waals surface area contributed by atoms with Crippen molar-refractivity contribution in [1.82, 2.24) is 5.16 Å². The summed E-state index contributed by atoms with van der Waals surface area (Å²) >= 11 is 0. The van der Waals surface area contributed by atoms with Gasteiger partial charge in [0.2, 0.25) is 0 Å². The quantitative estimate of drug-likeness (QED) is 0.837. The van der Waals surface area contributed by atoms with E-state index in [0.717, 1.165) is 5.23 Å². The van der Waals surface area contributed by atoms with E-state index in [1.54, 1.807) is 18.2 Å². The minimum Gasteiger partial charge on any atom is -0.478 e. The van der Waals surface area contributed by atoms with Gasteiger partial charge >= 0.3 is 5.97 Å². The van der Waals surface area contributed by atoms with Crippen LogP contribution in [0.25, 0.3) is 0 Å². The van der Waals surface area contributed by atoms with Crippen LogP contribution in [0.2, 0.25) is 0 Å². The van der Waals surface area contributed by atoms with Crippen LogP contribution in [0.15, 0.2) is 41.1 Å². The number of hydrogen-bond donors (Lipinski definition) is 1. The molecule has 3 rings (SSSR count). The van der Waals surface area contributed by atoms with Crippen LogP contribution in [0.5, 0.6) is 0 Å². The standard InChI is InChI=1S/C11H8N2O6/c14-10(15)7-2-1-3-8(6-7)13-17-11(18-19-13)9-4-5-12-16-9/h1-6,11H,(H,14,15). The molecule has 0 bridgehead atoms. The van der Waals surface area contributed by atoms with E-state index in [0.29, 0.717) is 11.4 Å². The topological polar surface area (TPSA) is 94.3 Å². The maximum absolute atomic E-state index is 10.9. The van der Waals surface area contributed by atoms with Crippen LogP contribution in [0.4, 0.5) is 5.69 Å². The highest BCUT2D eigenvalue weighted by Crippen LogP contribution is 2.31. The van der Waals surface area contributed by atoms with E-state index in [9.17, 15) is 4.79 Å².